The van der Waals surface area contributed by atoms with E-state index in [9.17, 15) is 13.2 Å². The van der Waals surface area contributed by atoms with Crippen molar-refractivity contribution in [2.75, 3.05) is 0 Å². The number of ether oxygens (including phenoxy) is 1. The fourth-order valence-electron chi connectivity index (χ4n) is 1.51. The van der Waals surface area contributed by atoms with Gasteiger partial charge >= 0.3 is 13.3 Å². The minimum atomic E-state index is -4.56. The molecule has 0 fully saturated rings. The van der Waals surface area contributed by atoms with Crippen LogP contribution in [0, 0.1) is 0 Å². The summed E-state index contributed by atoms with van der Waals surface area (Å²) in [6, 6.07) is 7.34. The molecule has 104 valence electrons. The number of hydrogen-bond donors (Lipinski definition) is 2. The quantitative estimate of drug-likeness (QED) is 0.839. The predicted octanol–water partition coefficient (Wildman–Crippen LogP) is 1.57. The Labute approximate surface area is 112 Å². The van der Waals surface area contributed by atoms with Crippen LogP contribution in [-0.2, 0) is 6.18 Å². The number of rotatable bonds is 3. The van der Waals surface area contributed by atoms with Crippen LogP contribution in [0.25, 0.3) is 0 Å². The van der Waals surface area contributed by atoms with E-state index < -0.39 is 24.7 Å². The lowest BCUT2D eigenvalue weighted by atomic mass is 9.80. The highest BCUT2D eigenvalue weighted by Gasteiger charge is 2.35. The lowest BCUT2D eigenvalue weighted by Crippen LogP contribution is -2.29. The average Bonchev–Trinajstić information content (AvgIpc) is 2.38. The van der Waals surface area contributed by atoms with E-state index in [0.29, 0.717) is 0 Å². The lowest BCUT2D eigenvalue weighted by Gasteiger charge is -2.12. The van der Waals surface area contributed by atoms with Crippen LogP contribution in [0.15, 0.2) is 42.6 Å². The van der Waals surface area contributed by atoms with E-state index in [1.807, 2.05) is 0 Å². The lowest BCUT2D eigenvalue weighted by molar-refractivity contribution is -0.138. The van der Waals surface area contributed by atoms with E-state index in [-0.39, 0.29) is 11.2 Å². The summed E-state index contributed by atoms with van der Waals surface area (Å²) in [6.07, 6.45) is -3.37. The number of aromatic nitrogens is 1. The molecule has 0 aliphatic rings. The van der Waals surface area contributed by atoms with Crippen molar-refractivity contribution in [3.63, 3.8) is 0 Å². The van der Waals surface area contributed by atoms with Gasteiger partial charge in [-0.15, -0.1) is 0 Å². The molecular formula is C12H9BF3NO3. The van der Waals surface area contributed by atoms with Crippen molar-refractivity contribution in [2.45, 2.75) is 6.18 Å². The van der Waals surface area contributed by atoms with Gasteiger partial charge in [-0.3, -0.25) is 0 Å². The zero-order valence-electron chi connectivity index (χ0n) is 10.0. The van der Waals surface area contributed by atoms with Crippen LogP contribution in [0.1, 0.15) is 5.56 Å². The van der Waals surface area contributed by atoms with Crippen molar-refractivity contribution in [1.82, 2.24) is 4.98 Å². The van der Waals surface area contributed by atoms with E-state index >= 15 is 0 Å². The first kappa shape index (κ1) is 14.4. The highest BCUT2D eigenvalue weighted by atomic mass is 19.4. The second-order valence-corrected chi connectivity index (χ2v) is 3.90. The summed E-state index contributed by atoms with van der Waals surface area (Å²) in [4.78, 5) is 3.56. The normalized spacial score (nSPS) is 11.2. The maximum Gasteiger partial charge on any atom is 0.488 e. The molecule has 0 amide bonds. The summed E-state index contributed by atoms with van der Waals surface area (Å²) in [5, 5.41) is 17.8. The maximum atomic E-state index is 12.7. The largest absolute Gasteiger partial charge is 0.488 e. The van der Waals surface area contributed by atoms with Crippen LogP contribution in [0.2, 0.25) is 0 Å². The Morgan fingerprint density at radius 2 is 1.70 bits per heavy atom. The first-order chi connectivity index (χ1) is 9.38. The monoisotopic (exact) mass is 283 g/mol. The molecule has 1 aromatic carbocycles. The topological polar surface area (TPSA) is 62.6 Å². The molecule has 20 heavy (non-hydrogen) atoms. The molecule has 0 unspecified atom stereocenters. The maximum absolute atomic E-state index is 12.7. The smallest absolute Gasteiger partial charge is 0.438 e. The molecule has 4 nitrogen and oxygen atoms in total. The van der Waals surface area contributed by atoms with E-state index in [4.69, 9.17) is 14.8 Å². The molecule has 2 rings (SSSR count). The van der Waals surface area contributed by atoms with Crippen molar-refractivity contribution in [3.05, 3.63) is 48.2 Å². The Kier molecular flexibility index (Phi) is 3.96. The molecule has 2 aromatic rings. The van der Waals surface area contributed by atoms with Crippen molar-refractivity contribution >= 4 is 12.6 Å². The Balaban J connectivity index is 2.26. The molecule has 0 spiro atoms. The zero-order valence-corrected chi connectivity index (χ0v) is 10.0. The van der Waals surface area contributed by atoms with Crippen LogP contribution >= 0.6 is 0 Å². The van der Waals surface area contributed by atoms with Crippen LogP contribution in [0.3, 0.4) is 0 Å². The minimum Gasteiger partial charge on any atom is -0.438 e. The van der Waals surface area contributed by atoms with E-state index in [2.05, 4.69) is 4.98 Å². The van der Waals surface area contributed by atoms with Gasteiger partial charge in [0.05, 0.1) is 0 Å². The number of alkyl halides is 3. The second kappa shape index (κ2) is 5.52. The molecule has 0 saturated heterocycles. The van der Waals surface area contributed by atoms with Gasteiger partial charge in [0.1, 0.15) is 11.3 Å². The van der Waals surface area contributed by atoms with Gasteiger partial charge in [0, 0.05) is 6.20 Å². The van der Waals surface area contributed by atoms with Gasteiger partial charge in [0.2, 0.25) is 5.88 Å². The number of benzene rings is 1. The summed E-state index contributed by atoms with van der Waals surface area (Å²) in [5.74, 6) is -0.448. The zero-order chi connectivity index (χ0) is 14.8. The predicted molar refractivity (Wildman–Crippen MR) is 65.6 cm³/mol. The van der Waals surface area contributed by atoms with Gasteiger partial charge in [-0.1, -0.05) is 12.1 Å². The van der Waals surface area contributed by atoms with Crippen molar-refractivity contribution < 1.29 is 28.0 Å². The molecule has 0 bridgehead atoms. The number of halogens is 3. The van der Waals surface area contributed by atoms with Gasteiger partial charge in [0.15, 0.2) is 0 Å². The number of hydrogen-bond acceptors (Lipinski definition) is 4. The number of nitrogens with zero attached hydrogens (tertiary/aromatic N) is 1. The van der Waals surface area contributed by atoms with E-state index in [0.717, 1.165) is 6.07 Å². The molecule has 2 N–H and O–H groups in total. The summed E-state index contributed by atoms with van der Waals surface area (Å²) >= 11 is 0. The van der Waals surface area contributed by atoms with E-state index in [1.54, 1.807) is 0 Å². The van der Waals surface area contributed by atoms with Crippen molar-refractivity contribution in [3.8, 4) is 11.6 Å². The highest BCUT2D eigenvalue weighted by molar-refractivity contribution is 6.58. The second-order valence-electron chi connectivity index (χ2n) is 3.90. The third-order valence-electron chi connectivity index (χ3n) is 2.47. The molecule has 0 radical (unpaired) electrons. The molecule has 1 aromatic heterocycles. The van der Waals surface area contributed by atoms with Crippen LogP contribution in [-0.4, -0.2) is 22.2 Å². The Morgan fingerprint density at radius 3 is 2.25 bits per heavy atom. The summed E-state index contributed by atoms with van der Waals surface area (Å²) in [7, 11) is -1.65. The Bertz CT molecular complexity index is 587. The molecule has 0 aliphatic carbocycles. The van der Waals surface area contributed by atoms with Crippen LogP contribution in [0.4, 0.5) is 13.2 Å². The van der Waals surface area contributed by atoms with Crippen LogP contribution in [0.5, 0.6) is 11.6 Å². The SMILES string of the molecule is OB(O)c1ccc(Oc2ncccc2C(F)(F)F)cc1. The highest BCUT2D eigenvalue weighted by Crippen LogP contribution is 2.36. The van der Waals surface area contributed by atoms with Gasteiger partial charge in [-0.25, -0.2) is 4.98 Å². The molecular weight excluding hydrogens is 274 g/mol. The third-order valence-corrected chi connectivity index (χ3v) is 2.47. The van der Waals surface area contributed by atoms with Gasteiger partial charge < -0.3 is 14.8 Å². The molecule has 0 atom stereocenters. The van der Waals surface area contributed by atoms with E-state index in [1.165, 1.54) is 36.5 Å². The Hall–Kier alpha value is -2.06. The first-order valence-electron chi connectivity index (χ1n) is 5.54. The molecule has 0 saturated carbocycles. The number of pyridine rings is 1. The molecule has 0 aliphatic heterocycles. The summed E-state index contributed by atoms with van der Waals surface area (Å²) < 4.78 is 43.3. The fourth-order valence-corrected chi connectivity index (χ4v) is 1.51. The average molecular weight is 283 g/mol. The first-order valence-corrected chi connectivity index (χ1v) is 5.54. The Morgan fingerprint density at radius 1 is 1.05 bits per heavy atom. The molecule has 8 heteroatoms. The third kappa shape index (κ3) is 3.28. The van der Waals surface area contributed by atoms with Crippen molar-refractivity contribution in [2.24, 2.45) is 0 Å². The fraction of sp³-hybridized carbons (Fsp3) is 0.0833. The molecule has 1 heterocycles. The minimum absolute atomic E-state index is 0.110. The standard InChI is InChI=1S/C12H9BF3NO3/c14-12(15,16)10-2-1-7-17-11(10)20-9-5-3-8(4-6-9)13(18)19/h1-7,18-19H. The van der Waals surface area contributed by atoms with Gasteiger partial charge in [-0.05, 0) is 29.7 Å². The van der Waals surface area contributed by atoms with Gasteiger partial charge in [-0.2, -0.15) is 13.2 Å². The van der Waals surface area contributed by atoms with Gasteiger partial charge in [0.25, 0.3) is 0 Å². The summed E-state index contributed by atoms with van der Waals surface area (Å²) in [5.41, 5.74) is -0.777. The summed E-state index contributed by atoms with van der Waals surface area (Å²) in [6.45, 7) is 0. The van der Waals surface area contributed by atoms with Crippen LogP contribution < -0.4 is 10.2 Å². The van der Waals surface area contributed by atoms with Crippen molar-refractivity contribution in [1.29, 1.82) is 0 Å².